The Balaban J connectivity index is 1.35. The van der Waals surface area contributed by atoms with Gasteiger partial charge in [-0.25, -0.2) is 0 Å². The van der Waals surface area contributed by atoms with Crippen molar-refractivity contribution in [2.24, 2.45) is 0 Å². The maximum absolute atomic E-state index is 4.78. The maximum atomic E-state index is 4.78. The number of pyridine rings is 1. The third kappa shape index (κ3) is 4.42. The van der Waals surface area contributed by atoms with Crippen LogP contribution >= 0.6 is 0 Å². The molecule has 0 atom stereocenters. The lowest BCUT2D eigenvalue weighted by molar-refractivity contribution is 1.32. The van der Waals surface area contributed by atoms with Crippen LogP contribution in [0.25, 0.3) is 78.3 Å². The standard InChI is InChI=1S/C41H29N/c1-3-35-36(4-2)41(33-23-18-29-14-8-9-15-32(29)26-33)38-17-11-10-16-37(38)40(35)31-21-19-30(20-22-31)39-25-24-34(27-42-39)28-12-6-5-7-13-28/h3-27H,1-2H2. The molecule has 1 heterocycles. The highest BCUT2D eigenvalue weighted by atomic mass is 14.7. The third-order valence-corrected chi connectivity index (χ3v) is 8.08. The van der Waals surface area contributed by atoms with Gasteiger partial charge < -0.3 is 0 Å². The summed E-state index contributed by atoms with van der Waals surface area (Å²) in [5.74, 6) is 0. The van der Waals surface area contributed by atoms with Crippen molar-refractivity contribution in [3.63, 3.8) is 0 Å². The molecule has 7 rings (SSSR count). The molecule has 0 aliphatic rings. The van der Waals surface area contributed by atoms with E-state index in [0.29, 0.717) is 0 Å². The lowest BCUT2D eigenvalue weighted by atomic mass is 9.83. The van der Waals surface area contributed by atoms with Crippen LogP contribution in [-0.4, -0.2) is 4.98 Å². The summed E-state index contributed by atoms with van der Waals surface area (Å²) in [6.45, 7) is 8.51. The zero-order valence-electron chi connectivity index (χ0n) is 23.3. The van der Waals surface area contributed by atoms with Gasteiger partial charge in [0.15, 0.2) is 0 Å². The summed E-state index contributed by atoms with van der Waals surface area (Å²) in [5, 5.41) is 4.85. The monoisotopic (exact) mass is 535 g/mol. The number of aromatic nitrogens is 1. The maximum Gasteiger partial charge on any atom is 0.0702 e. The van der Waals surface area contributed by atoms with Crippen LogP contribution in [0.5, 0.6) is 0 Å². The minimum Gasteiger partial charge on any atom is -0.256 e. The summed E-state index contributed by atoms with van der Waals surface area (Å²) >= 11 is 0. The zero-order valence-corrected chi connectivity index (χ0v) is 23.3. The summed E-state index contributed by atoms with van der Waals surface area (Å²) in [5.41, 5.74) is 11.2. The summed E-state index contributed by atoms with van der Waals surface area (Å²) in [7, 11) is 0. The van der Waals surface area contributed by atoms with Gasteiger partial charge in [0.05, 0.1) is 5.69 Å². The molecule has 0 amide bonds. The van der Waals surface area contributed by atoms with Crippen LogP contribution in [0, 0.1) is 0 Å². The van der Waals surface area contributed by atoms with Crippen molar-refractivity contribution in [1.82, 2.24) is 4.98 Å². The van der Waals surface area contributed by atoms with E-state index >= 15 is 0 Å². The van der Waals surface area contributed by atoms with Crippen molar-refractivity contribution in [2.75, 3.05) is 0 Å². The molecule has 1 heteroatoms. The Kier molecular flexibility index (Phi) is 6.54. The van der Waals surface area contributed by atoms with Crippen molar-refractivity contribution in [1.29, 1.82) is 0 Å². The molecule has 0 saturated heterocycles. The lowest BCUT2D eigenvalue weighted by Crippen LogP contribution is -1.96. The van der Waals surface area contributed by atoms with Gasteiger partial charge in [-0.2, -0.15) is 0 Å². The van der Waals surface area contributed by atoms with Crippen LogP contribution in [-0.2, 0) is 0 Å². The predicted octanol–water partition coefficient (Wildman–Crippen LogP) is 11.3. The molecule has 7 aromatic rings. The molecule has 42 heavy (non-hydrogen) atoms. The van der Waals surface area contributed by atoms with E-state index in [-0.39, 0.29) is 0 Å². The van der Waals surface area contributed by atoms with Gasteiger partial charge in [-0.3, -0.25) is 4.98 Å². The quantitative estimate of drug-likeness (QED) is 0.206. The minimum atomic E-state index is 0.952. The second-order valence-electron chi connectivity index (χ2n) is 10.5. The Bertz CT molecular complexity index is 2080. The Hall–Kier alpha value is -5.53. The predicted molar refractivity (Wildman–Crippen MR) is 181 cm³/mol. The second kappa shape index (κ2) is 10.8. The molecular weight excluding hydrogens is 506 g/mol. The first-order valence-electron chi connectivity index (χ1n) is 14.2. The van der Waals surface area contributed by atoms with E-state index in [1.54, 1.807) is 0 Å². The Morgan fingerprint density at radius 3 is 1.62 bits per heavy atom. The van der Waals surface area contributed by atoms with Crippen LogP contribution in [0.2, 0.25) is 0 Å². The largest absolute Gasteiger partial charge is 0.256 e. The van der Waals surface area contributed by atoms with Crippen LogP contribution in [0.15, 0.2) is 153 Å². The van der Waals surface area contributed by atoms with Crippen LogP contribution < -0.4 is 0 Å². The van der Waals surface area contributed by atoms with Crippen molar-refractivity contribution >= 4 is 33.7 Å². The number of nitrogens with zero attached hydrogens (tertiary/aromatic N) is 1. The van der Waals surface area contributed by atoms with E-state index in [9.17, 15) is 0 Å². The second-order valence-corrected chi connectivity index (χ2v) is 10.5. The highest BCUT2D eigenvalue weighted by molar-refractivity contribution is 6.12. The van der Waals surface area contributed by atoms with Crippen LogP contribution in [0.1, 0.15) is 11.1 Å². The summed E-state index contributed by atoms with van der Waals surface area (Å²) in [6, 6.07) is 47.1. The molecule has 1 aromatic heterocycles. The van der Waals surface area contributed by atoms with Crippen molar-refractivity contribution in [3.8, 4) is 44.6 Å². The summed E-state index contributed by atoms with van der Waals surface area (Å²) in [4.78, 5) is 4.78. The van der Waals surface area contributed by atoms with E-state index in [4.69, 9.17) is 4.98 Å². The molecule has 0 aliphatic carbocycles. The molecule has 0 saturated carbocycles. The van der Waals surface area contributed by atoms with E-state index in [0.717, 1.165) is 33.5 Å². The zero-order chi connectivity index (χ0) is 28.5. The van der Waals surface area contributed by atoms with Gasteiger partial charge in [0.25, 0.3) is 0 Å². The van der Waals surface area contributed by atoms with Gasteiger partial charge in [0.1, 0.15) is 0 Å². The molecule has 0 radical (unpaired) electrons. The van der Waals surface area contributed by atoms with Crippen molar-refractivity contribution in [2.45, 2.75) is 0 Å². The molecule has 0 fully saturated rings. The fraction of sp³-hybridized carbons (Fsp3) is 0. The fourth-order valence-electron chi connectivity index (χ4n) is 6.04. The molecule has 0 unspecified atom stereocenters. The highest BCUT2D eigenvalue weighted by Crippen LogP contribution is 2.44. The molecule has 1 nitrogen and oxygen atoms in total. The van der Waals surface area contributed by atoms with Gasteiger partial charge in [-0.05, 0) is 72.6 Å². The summed E-state index contributed by atoms with van der Waals surface area (Å²) < 4.78 is 0. The first-order valence-corrected chi connectivity index (χ1v) is 14.2. The van der Waals surface area contributed by atoms with Crippen molar-refractivity contribution in [3.05, 3.63) is 164 Å². The topological polar surface area (TPSA) is 12.9 Å². The number of benzene rings is 6. The Labute approximate surface area is 246 Å². The van der Waals surface area contributed by atoms with Crippen molar-refractivity contribution < 1.29 is 0 Å². The molecule has 0 aliphatic heterocycles. The van der Waals surface area contributed by atoms with Gasteiger partial charge in [0, 0.05) is 17.3 Å². The Morgan fingerprint density at radius 2 is 0.976 bits per heavy atom. The summed E-state index contributed by atoms with van der Waals surface area (Å²) in [6.07, 6.45) is 5.90. The molecule has 198 valence electrons. The average molecular weight is 536 g/mol. The molecule has 0 N–H and O–H groups in total. The molecule has 0 spiro atoms. The molecule has 6 aromatic carbocycles. The lowest BCUT2D eigenvalue weighted by Gasteiger charge is -2.20. The van der Waals surface area contributed by atoms with E-state index in [2.05, 4.69) is 141 Å². The minimum absolute atomic E-state index is 0.952. The smallest absolute Gasteiger partial charge is 0.0702 e. The first-order chi connectivity index (χ1) is 20.7. The first kappa shape index (κ1) is 25.4. The van der Waals surface area contributed by atoms with Crippen LogP contribution in [0.4, 0.5) is 0 Å². The van der Waals surface area contributed by atoms with E-state index < -0.39 is 0 Å². The number of rotatable bonds is 6. The highest BCUT2D eigenvalue weighted by Gasteiger charge is 2.19. The number of hydrogen-bond acceptors (Lipinski definition) is 1. The fourth-order valence-corrected chi connectivity index (χ4v) is 6.04. The number of hydrogen-bond donors (Lipinski definition) is 0. The van der Waals surface area contributed by atoms with E-state index in [1.807, 2.05) is 24.4 Å². The van der Waals surface area contributed by atoms with E-state index in [1.165, 1.54) is 43.8 Å². The SMILES string of the molecule is C=Cc1c(C=C)c(-c2ccc3ccccc3c2)c2ccccc2c1-c1ccc(-c2ccc(-c3ccccc3)cn2)cc1. The van der Waals surface area contributed by atoms with Gasteiger partial charge in [-0.15, -0.1) is 0 Å². The Morgan fingerprint density at radius 1 is 0.429 bits per heavy atom. The molecule has 0 bridgehead atoms. The normalized spacial score (nSPS) is 11.0. The molecular formula is C41H29N. The van der Waals surface area contributed by atoms with Crippen LogP contribution in [0.3, 0.4) is 0 Å². The van der Waals surface area contributed by atoms with Gasteiger partial charge in [0.2, 0.25) is 0 Å². The number of fused-ring (bicyclic) bond motifs is 2. The third-order valence-electron chi connectivity index (χ3n) is 8.08. The average Bonchev–Trinajstić information content (AvgIpc) is 3.07. The van der Waals surface area contributed by atoms with Gasteiger partial charge in [-0.1, -0.05) is 147 Å². The van der Waals surface area contributed by atoms with Gasteiger partial charge >= 0.3 is 0 Å².